The summed E-state index contributed by atoms with van der Waals surface area (Å²) in [6.45, 7) is 5.94. The third kappa shape index (κ3) is 1.65. The van der Waals surface area contributed by atoms with Gasteiger partial charge in [-0.2, -0.15) is 0 Å². The molecule has 0 saturated heterocycles. The lowest BCUT2D eigenvalue weighted by atomic mass is 10.1. The van der Waals surface area contributed by atoms with Crippen LogP contribution in [-0.4, -0.2) is 14.8 Å². The maximum Gasteiger partial charge on any atom is 0.226 e. The van der Waals surface area contributed by atoms with Crippen LogP contribution in [-0.2, 0) is 5.54 Å². The van der Waals surface area contributed by atoms with Crippen LogP contribution in [0.5, 0.6) is 0 Å². The third-order valence-corrected chi connectivity index (χ3v) is 1.74. The highest BCUT2D eigenvalue weighted by atomic mass is 35.5. The zero-order valence-electron chi connectivity index (χ0n) is 6.60. The molecule has 11 heavy (non-hydrogen) atoms. The number of nitrogens with zero attached hydrogens (tertiary/aromatic N) is 3. The molecule has 0 fully saturated rings. The Morgan fingerprint density at radius 3 is 1.64 bits per heavy atom. The van der Waals surface area contributed by atoms with Crippen molar-refractivity contribution in [2.45, 2.75) is 26.3 Å². The van der Waals surface area contributed by atoms with Gasteiger partial charge in [0.1, 0.15) is 0 Å². The van der Waals surface area contributed by atoms with Gasteiger partial charge in [0.25, 0.3) is 0 Å². The van der Waals surface area contributed by atoms with Crippen molar-refractivity contribution < 1.29 is 0 Å². The summed E-state index contributed by atoms with van der Waals surface area (Å²) in [6.07, 6.45) is 0. The summed E-state index contributed by atoms with van der Waals surface area (Å²) in [6, 6.07) is 0. The first-order valence-corrected chi connectivity index (χ1v) is 3.95. The number of aromatic nitrogens is 3. The first kappa shape index (κ1) is 8.81. The second kappa shape index (κ2) is 2.64. The highest BCUT2D eigenvalue weighted by Gasteiger charge is 2.20. The van der Waals surface area contributed by atoms with Crippen LogP contribution in [0.1, 0.15) is 20.8 Å². The van der Waals surface area contributed by atoms with Gasteiger partial charge in [-0.3, -0.25) is 4.57 Å². The quantitative estimate of drug-likeness (QED) is 0.634. The third-order valence-electron chi connectivity index (χ3n) is 1.25. The molecule has 0 radical (unpaired) electrons. The molecule has 0 aliphatic carbocycles. The molecule has 0 aliphatic heterocycles. The van der Waals surface area contributed by atoms with Gasteiger partial charge in [-0.25, -0.2) is 0 Å². The summed E-state index contributed by atoms with van der Waals surface area (Å²) in [5.74, 6) is 0. The monoisotopic (exact) mass is 193 g/mol. The molecule has 62 valence electrons. The van der Waals surface area contributed by atoms with Crippen LogP contribution < -0.4 is 0 Å². The Kier molecular flexibility index (Phi) is 2.12. The Morgan fingerprint density at radius 2 is 1.45 bits per heavy atom. The summed E-state index contributed by atoms with van der Waals surface area (Å²) in [7, 11) is 0. The lowest BCUT2D eigenvalue weighted by Gasteiger charge is -2.21. The average Bonchev–Trinajstić information content (AvgIpc) is 2.08. The number of rotatable bonds is 0. The van der Waals surface area contributed by atoms with E-state index in [1.165, 1.54) is 0 Å². The van der Waals surface area contributed by atoms with Crippen LogP contribution in [0.15, 0.2) is 0 Å². The topological polar surface area (TPSA) is 30.7 Å². The Balaban J connectivity index is 3.21. The van der Waals surface area contributed by atoms with Crippen molar-refractivity contribution in [3.8, 4) is 0 Å². The molecule has 3 nitrogen and oxygen atoms in total. The minimum atomic E-state index is -0.169. The highest BCUT2D eigenvalue weighted by Crippen LogP contribution is 2.23. The molecule has 0 atom stereocenters. The van der Waals surface area contributed by atoms with Crippen molar-refractivity contribution in [2.75, 3.05) is 0 Å². The van der Waals surface area contributed by atoms with Crippen molar-refractivity contribution in [3.63, 3.8) is 0 Å². The van der Waals surface area contributed by atoms with Gasteiger partial charge in [0.05, 0.1) is 0 Å². The van der Waals surface area contributed by atoms with E-state index in [2.05, 4.69) is 10.2 Å². The van der Waals surface area contributed by atoms with E-state index >= 15 is 0 Å². The summed E-state index contributed by atoms with van der Waals surface area (Å²) < 4.78 is 1.66. The Bertz CT molecular complexity index is 242. The molecule has 1 heterocycles. The number of hydrogen-bond acceptors (Lipinski definition) is 2. The minimum absolute atomic E-state index is 0.169. The second-order valence-corrected chi connectivity index (χ2v) is 3.92. The zero-order chi connectivity index (χ0) is 8.65. The summed E-state index contributed by atoms with van der Waals surface area (Å²) >= 11 is 11.5. The van der Waals surface area contributed by atoms with Gasteiger partial charge in [0.2, 0.25) is 10.6 Å². The maximum absolute atomic E-state index is 5.73. The van der Waals surface area contributed by atoms with Crippen LogP contribution >= 0.6 is 23.2 Å². The molecule has 0 unspecified atom stereocenters. The van der Waals surface area contributed by atoms with E-state index in [9.17, 15) is 0 Å². The molecular weight excluding hydrogens is 185 g/mol. The van der Waals surface area contributed by atoms with Gasteiger partial charge in [0, 0.05) is 5.54 Å². The molecule has 0 aromatic carbocycles. The van der Waals surface area contributed by atoms with Crippen molar-refractivity contribution in [1.29, 1.82) is 0 Å². The maximum atomic E-state index is 5.73. The van der Waals surface area contributed by atoms with Gasteiger partial charge in [-0.15, -0.1) is 10.2 Å². The first-order chi connectivity index (χ1) is 4.93. The predicted octanol–water partition coefficient (Wildman–Crippen LogP) is 2.34. The van der Waals surface area contributed by atoms with E-state index in [0.29, 0.717) is 10.6 Å². The Morgan fingerprint density at radius 1 is 1.09 bits per heavy atom. The van der Waals surface area contributed by atoms with Crippen LogP contribution in [0.25, 0.3) is 0 Å². The average molecular weight is 194 g/mol. The van der Waals surface area contributed by atoms with E-state index in [4.69, 9.17) is 23.2 Å². The van der Waals surface area contributed by atoms with Gasteiger partial charge in [0.15, 0.2) is 0 Å². The molecule has 1 rings (SSSR count). The van der Waals surface area contributed by atoms with Crippen molar-refractivity contribution in [2.24, 2.45) is 0 Å². The minimum Gasteiger partial charge on any atom is -0.283 e. The fourth-order valence-corrected chi connectivity index (χ4v) is 1.59. The fourth-order valence-electron chi connectivity index (χ4n) is 0.802. The van der Waals surface area contributed by atoms with Crippen LogP contribution in [0.2, 0.25) is 10.6 Å². The largest absolute Gasteiger partial charge is 0.283 e. The van der Waals surface area contributed by atoms with Gasteiger partial charge in [-0.1, -0.05) is 0 Å². The summed E-state index contributed by atoms with van der Waals surface area (Å²) in [4.78, 5) is 0. The zero-order valence-corrected chi connectivity index (χ0v) is 8.11. The molecule has 0 bridgehead atoms. The van der Waals surface area contributed by atoms with Gasteiger partial charge >= 0.3 is 0 Å². The molecule has 1 aromatic heterocycles. The molecule has 5 heteroatoms. The van der Waals surface area contributed by atoms with E-state index < -0.39 is 0 Å². The van der Waals surface area contributed by atoms with Crippen molar-refractivity contribution >= 4 is 23.2 Å². The first-order valence-electron chi connectivity index (χ1n) is 3.20. The smallest absolute Gasteiger partial charge is 0.226 e. The van der Waals surface area contributed by atoms with E-state index in [1.54, 1.807) is 4.57 Å². The normalized spacial score (nSPS) is 12.1. The molecule has 0 amide bonds. The van der Waals surface area contributed by atoms with Crippen LogP contribution in [0, 0.1) is 0 Å². The highest BCUT2D eigenvalue weighted by molar-refractivity contribution is 6.31. The molecule has 0 aliphatic rings. The lowest BCUT2D eigenvalue weighted by Crippen LogP contribution is -2.21. The van der Waals surface area contributed by atoms with Crippen molar-refractivity contribution in [3.05, 3.63) is 10.6 Å². The predicted molar refractivity (Wildman–Crippen MR) is 45.0 cm³/mol. The van der Waals surface area contributed by atoms with Crippen molar-refractivity contribution in [1.82, 2.24) is 14.8 Å². The molecule has 0 spiro atoms. The molecule has 0 N–H and O–H groups in total. The number of halogens is 2. The molecule has 1 aromatic rings. The number of hydrogen-bond donors (Lipinski definition) is 0. The summed E-state index contributed by atoms with van der Waals surface area (Å²) in [5, 5.41) is 7.90. The van der Waals surface area contributed by atoms with Gasteiger partial charge < -0.3 is 0 Å². The van der Waals surface area contributed by atoms with Crippen LogP contribution in [0.3, 0.4) is 0 Å². The summed E-state index contributed by atoms with van der Waals surface area (Å²) in [5.41, 5.74) is -0.169. The lowest BCUT2D eigenvalue weighted by molar-refractivity contribution is 0.396. The standard InChI is InChI=1S/C6H9Cl2N3/c1-6(2,3)11-4(7)9-10-5(11)8/h1-3H3. The Hall–Kier alpha value is -0.280. The Labute approximate surface area is 75.3 Å². The van der Waals surface area contributed by atoms with Gasteiger partial charge in [-0.05, 0) is 44.0 Å². The second-order valence-electron chi connectivity index (χ2n) is 3.24. The van der Waals surface area contributed by atoms with E-state index in [0.717, 1.165) is 0 Å². The van der Waals surface area contributed by atoms with E-state index in [1.807, 2.05) is 20.8 Å². The fraction of sp³-hybridized carbons (Fsp3) is 0.667. The molecular formula is C6H9Cl2N3. The van der Waals surface area contributed by atoms with E-state index in [-0.39, 0.29) is 5.54 Å². The molecule has 0 saturated carbocycles. The van der Waals surface area contributed by atoms with Crippen LogP contribution in [0.4, 0.5) is 0 Å². The SMILES string of the molecule is CC(C)(C)n1c(Cl)nnc1Cl.